The SMILES string of the molecule is Cc1ncoc1-c1nnc(SCCCN2CCC3(CC3c3cc(Cl)cc(Cl)c3)C2)n1C. The van der Waals surface area contributed by atoms with E-state index in [0.717, 1.165) is 45.4 Å². The third-order valence-electron chi connectivity index (χ3n) is 6.57. The van der Waals surface area contributed by atoms with E-state index < -0.39 is 0 Å². The smallest absolute Gasteiger partial charge is 0.202 e. The number of thioether (sulfide) groups is 1. The summed E-state index contributed by atoms with van der Waals surface area (Å²) in [5.74, 6) is 3.02. The van der Waals surface area contributed by atoms with Crippen molar-refractivity contribution in [1.29, 1.82) is 0 Å². The van der Waals surface area contributed by atoms with Crippen LogP contribution in [0, 0.1) is 12.3 Å². The van der Waals surface area contributed by atoms with Crippen molar-refractivity contribution >= 4 is 35.0 Å². The molecule has 2 fully saturated rings. The normalized spacial score (nSPS) is 23.2. The van der Waals surface area contributed by atoms with Crippen LogP contribution in [0.5, 0.6) is 0 Å². The Hall–Kier alpha value is -1.54. The predicted molar refractivity (Wildman–Crippen MR) is 124 cm³/mol. The lowest BCUT2D eigenvalue weighted by Crippen LogP contribution is -2.23. The molecular weight excluding hydrogens is 453 g/mol. The number of hydrogen-bond acceptors (Lipinski definition) is 6. The molecular formula is C22H25Cl2N5OS. The van der Waals surface area contributed by atoms with Crippen LogP contribution in [0.2, 0.25) is 10.0 Å². The zero-order chi connectivity index (χ0) is 21.6. The van der Waals surface area contributed by atoms with Gasteiger partial charge in [-0.2, -0.15) is 0 Å². The summed E-state index contributed by atoms with van der Waals surface area (Å²) >= 11 is 14.2. The van der Waals surface area contributed by atoms with Gasteiger partial charge in [-0.25, -0.2) is 4.98 Å². The van der Waals surface area contributed by atoms with Gasteiger partial charge in [-0.05, 0) is 74.4 Å². The Morgan fingerprint density at radius 1 is 1.23 bits per heavy atom. The minimum atomic E-state index is 0.425. The van der Waals surface area contributed by atoms with Crippen LogP contribution in [0.15, 0.2) is 34.2 Å². The van der Waals surface area contributed by atoms with Gasteiger partial charge >= 0.3 is 0 Å². The second-order valence-electron chi connectivity index (χ2n) is 8.68. The van der Waals surface area contributed by atoms with Crippen LogP contribution in [0.1, 0.15) is 36.4 Å². The van der Waals surface area contributed by atoms with Gasteiger partial charge in [0.2, 0.25) is 5.82 Å². The standard InChI is InChI=1S/C22H25Cl2N5OS/c1-14-19(30-13-25-14)20-26-27-21(28(20)2)31-7-3-5-29-6-4-22(12-29)11-18(22)15-8-16(23)10-17(24)9-15/h8-10,13,18H,3-7,11-12H2,1-2H3. The minimum Gasteiger partial charge on any atom is -0.440 e. The van der Waals surface area contributed by atoms with Crippen molar-refractivity contribution in [2.24, 2.45) is 12.5 Å². The maximum atomic E-state index is 6.21. The number of hydrogen-bond donors (Lipinski definition) is 0. The lowest BCUT2D eigenvalue weighted by Gasteiger charge is -2.16. The number of oxazole rings is 1. The summed E-state index contributed by atoms with van der Waals surface area (Å²) in [6.07, 6.45) is 5.08. The molecule has 2 aromatic heterocycles. The van der Waals surface area contributed by atoms with Gasteiger partial charge in [-0.1, -0.05) is 35.0 Å². The number of nitrogens with zero attached hydrogens (tertiary/aromatic N) is 5. The van der Waals surface area contributed by atoms with Gasteiger partial charge in [-0.15, -0.1) is 10.2 Å². The van der Waals surface area contributed by atoms with Gasteiger partial charge in [-0.3, -0.25) is 0 Å². The van der Waals surface area contributed by atoms with Crippen molar-refractivity contribution in [2.45, 2.75) is 37.3 Å². The second-order valence-corrected chi connectivity index (χ2v) is 10.6. The molecule has 3 heterocycles. The van der Waals surface area contributed by atoms with Crippen LogP contribution in [0.4, 0.5) is 0 Å². The molecule has 0 N–H and O–H groups in total. The molecule has 5 rings (SSSR count). The molecule has 1 aliphatic heterocycles. The number of aromatic nitrogens is 4. The minimum absolute atomic E-state index is 0.425. The highest BCUT2D eigenvalue weighted by molar-refractivity contribution is 7.99. The molecule has 1 aromatic carbocycles. The van der Waals surface area contributed by atoms with Crippen molar-refractivity contribution < 1.29 is 4.42 Å². The van der Waals surface area contributed by atoms with E-state index in [4.69, 9.17) is 27.6 Å². The lowest BCUT2D eigenvalue weighted by molar-refractivity contribution is 0.319. The Balaban J connectivity index is 1.11. The highest BCUT2D eigenvalue weighted by atomic mass is 35.5. The first-order chi connectivity index (χ1) is 14.9. The summed E-state index contributed by atoms with van der Waals surface area (Å²) in [7, 11) is 1.97. The monoisotopic (exact) mass is 477 g/mol. The first kappa shape index (κ1) is 21.3. The molecule has 6 nitrogen and oxygen atoms in total. The largest absolute Gasteiger partial charge is 0.440 e. The number of rotatable bonds is 7. The molecule has 0 amide bonds. The Morgan fingerprint density at radius 2 is 2.03 bits per heavy atom. The summed E-state index contributed by atoms with van der Waals surface area (Å²) < 4.78 is 7.43. The Kier molecular flexibility index (Phi) is 5.79. The average molecular weight is 478 g/mol. The van der Waals surface area contributed by atoms with Crippen LogP contribution >= 0.6 is 35.0 Å². The van der Waals surface area contributed by atoms with Crippen LogP contribution < -0.4 is 0 Å². The Morgan fingerprint density at radius 3 is 2.77 bits per heavy atom. The third-order valence-corrected chi connectivity index (χ3v) is 8.12. The Bertz CT molecular complexity index is 1080. The molecule has 2 atom stereocenters. The number of likely N-dealkylation sites (tertiary alicyclic amines) is 1. The quantitative estimate of drug-likeness (QED) is 0.333. The average Bonchev–Trinajstić information content (AvgIpc) is 2.99. The van der Waals surface area contributed by atoms with Crippen molar-refractivity contribution in [3.05, 3.63) is 45.9 Å². The topological polar surface area (TPSA) is 60.0 Å². The molecule has 1 spiro atoms. The van der Waals surface area contributed by atoms with Gasteiger partial charge < -0.3 is 13.9 Å². The van der Waals surface area contributed by atoms with E-state index in [2.05, 4.69) is 32.2 Å². The summed E-state index contributed by atoms with van der Waals surface area (Å²) in [5.41, 5.74) is 2.55. The predicted octanol–water partition coefficient (Wildman–Crippen LogP) is 5.45. The van der Waals surface area contributed by atoms with Crippen molar-refractivity contribution in [3.63, 3.8) is 0 Å². The molecule has 0 radical (unpaired) electrons. The molecule has 164 valence electrons. The zero-order valence-corrected chi connectivity index (χ0v) is 20.0. The number of aryl methyl sites for hydroxylation is 1. The van der Waals surface area contributed by atoms with Gasteiger partial charge in [0.15, 0.2) is 17.3 Å². The van der Waals surface area contributed by atoms with Crippen LogP contribution in [0.25, 0.3) is 11.6 Å². The van der Waals surface area contributed by atoms with Crippen LogP contribution in [-0.4, -0.2) is 50.0 Å². The molecule has 0 bridgehead atoms. The van der Waals surface area contributed by atoms with E-state index in [1.54, 1.807) is 11.8 Å². The fourth-order valence-corrected chi connectivity index (χ4v) is 6.21. The van der Waals surface area contributed by atoms with Gasteiger partial charge in [0.05, 0.1) is 5.69 Å². The van der Waals surface area contributed by atoms with E-state index >= 15 is 0 Å². The van der Waals surface area contributed by atoms with Gasteiger partial charge in [0.1, 0.15) is 0 Å². The lowest BCUT2D eigenvalue weighted by atomic mass is 9.98. The van der Waals surface area contributed by atoms with E-state index in [0.29, 0.717) is 17.1 Å². The van der Waals surface area contributed by atoms with Crippen LogP contribution in [0.3, 0.4) is 0 Å². The summed E-state index contributed by atoms with van der Waals surface area (Å²) in [5, 5.41) is 11.0. The molecule has 1 aliphatic carbocycles. The molecule has 9 heteroatoms. The summed E-state index contributed by atoms with van der Waals surface area (Å²) in [4.78, 5) is 6.74. The first-order valence-corrected chi connectivity index (χ1v) is 12.3. The maximum Gasteiger partial charge on any atom is 0.202 e. The van der Waals surface area contributed by atoms with Crippen molar-refractivity contribution in [3.8, 4) is 11.6 Å². The molecule has 1 saturated carbocycles. The molecule has 3 aromatic rings. The van der Waals surface area contributed by atoms with Crippen molar-refractivity contribution in [2.75, 3.05) is 25.4 Å². The summed E-state index contributed by atoms with van der Waals surface area (Å²) in [6, 6.07) is 5.98. The molecule has 2 aliphatic rings. The molecule has 1 saturated heterocycles. The highest BCUT2D eigenvalue weighted by Gasteiger charge is 2.57. The second kappa shape index (κ2) is 8.43. The van der Waals surface area contributed by atoms with Crippen LogP contribution in [-0.2, 0) is 7.05 Å². The first-order valence-electron chi connectivity index (χ1n) is 10.6. The third kappa shape index (κ3) is 4.25. The fraction of sp³-hybridized carbons (Fsp3) is 0.500. The van der Waals surface area contributed by atoms with Gasteiger partial charge in [0.25, 0.3) is 0 Å². The van der Waals surface area contributed by atoms with E-state index in [1.807, 2.05) is 24.6 Å². The van der Waals surface area contributed by atoms with E-state index in [-0.39, 0.29) is 0 Å². The summed E-state index contributed by atoms with van der Waals surface area (Å²) in [6.45, 7) is 5.37. The number of benzene rings is 1. The molecule has 2 unspecified atom stereocenters. The van der Waals surface area contributed by atoms with Gasteiger partial charge in [0, 0.05) is 29.4 Å². The Labute approximate surface area is 196 Å². The fourth-order valence-electron chi connectivity index (χ4n) is 4.83. The zero-order valence-electron chi connectivity index (χ0n) is 17.6. The van der Waals surface area contributed by atoms with E-state index in [9.17, 15) is 0 Å². The highest BCUT2D eigenvalue weighted by Crippen LogP contribution is 2.64. The molecule has 31 heavy (non-hydrogen) atoms. The van der Waals surface area contributed by atoms with Crippen molar-refractivity contribution in [1.82, 2.24) is 24.6 Å². The number of halogens is 2. The maximum absolute atomic E-state index is 6.21. The van der Waals surface area contributed by atoms with E-state index in [1.165, 1.54) is 37.9 Å².